The predicted molar refractivity (Wildman–Crippen MR) is 51.1 cm³/mol. The summed E-state index contributed by atoms with van der Waals surface area (Å²) in [5.74, 6) is 0.317. The van der Waals surface area contributed by atoms with Crippen LogP contribution in [-0.2, 0) is 0 Å². The Labute approximate surface area is 82.2 Å². The molecule has 0 aliphatic rings. The molecule has 0 radical (unpaired) electrons. The van der Waals surface area contributed by atoms with Crippen LogP contribution in [0.3, 0.4) is 0 Å². The van der Waals surface area contributed by atoms with Crippen LogP contribution in [0.1, 0.15) is 11.7 Å². The first-order valence-electron chi connectivity index (χ1n) is 4.07. The molecule has 0 saturated heterocycles. The lowest BCUT2D eigenvalue weighted by atomic mass is 10.1. The van der Waals surface area contributed by atoms with Crippen molar-refractivity contribution in [3.8, 4) is 11.5 Å². The van der Waals surface area contributed by atoms with Gasteiger partial charge in [-0.2, -0.15) is 0 Å². The third kappa shape index (κ3) is 2.15. The summed E-state index contributed by atoms with van der Waals surface area (Å²) in [6, 6.07) is 4.51. The average Bonchev–Trinajstić information content (AvgIpc) is 2.19. The van der Waals surface area contributed by atoms with Gasteiger partial charge in [0.1, 0.15) is 0 Å². The fraction of sp³-hybridized carbons (Fsp3) is 0.300. The number of hydrogen-bond acceptors (Lipinski definition) is 3. The lowest BCUT2D eigenvalue weighted by molar-refractivity contribution is 0.194. The van der Waals surface area contributed by atoms with E-state index in [-0.39, 0.29) is 12.3 Å². The van der Waals surface area contributed by atoms with Crippen molar-refractivity contribution < 1.29 is 14.9 Å². The van der Waals surface area contributed by atoms with Crippen molar-refractivity contribution in [1.29, 1.82) is 0 Å². The van der Waals surface area contributed by atoms with E-state index >= 15 is 0 Å². The first-order valence-corrected chi connectivity index (χ1v) is 4.07. The van der Waals surface area contributed by atoms with E-state index in [9.17, 15) is 10.2 Å². The summed E-state index contributed by atoms with van der Waals surface area (Å²) in [7, 11) is 1.43. The van der Waals surface area contributed by atoms with Crippen LogP contribution in [0.5, 0.6) is 11.5 Å². The van der Waals surface area contributed by atoms with Gasteiger partial charge < -0.3 is 19.8 Å². The van der Waals surface area contributed by atoms with Gasteiger partial charge in [-0.25, -0.2) is 6.57 Å². The van der Waals surface area contributed by atoms with Gasteiger partial charge in [-0.05, 0) is 17.7 Å². The van der Waals surface area contributed by atoms with Gasteiger partial charge in [-0.3, -0.25) is 0 Å². The van der Waals surface area contributed by atoms with Crippen molar-refractivity contribution >= 4 is 0 Å². The molecule has 4 heteroatoms. The highest BCUT2D eigenvalue weighted by atomic mass is 16.5. The Morgan fingerprint density at radius 3 is 2.86 bits per heavy atom. The van der Waals surface area contributed by atoms with E-state index in [0.29, 0.717) is 11.3 Å². The number of hydrogen-bond donors (Lipinski definition) is 2. The number of phenolic OH excluding ortho intramolecular Hbond substituents is 1. The minimum Gasteiger partial charge on any atom is -0.504 e. The van der Waals surface area contributed by atoms with Gasteiger partial charge in [0.05, 0.1) is 7.11 Å². The Morgan fingerprint density at radius 1 is 1.57 bits per heavy atom. The molecule has 0 aliphatic carbocycles. The monoisotopic (exact) mass is 193 g/mol. The summed E-state index contributed by atoms with van der Waals surface area (Å²) in [6.45, 7) is 6.62. The summed E-state index contributed by atoms with van der Waals surface area (Å²) < 4.78 is 4.88. The third-order valence-electron chi connectivity index (χ3n) is 1.85. The molecule has 2 N–H and O–H groups in total. The van der Waals surface area contributed by atoms with Crippen LogP contribution in [0.4, 0.5) is 0 Å². The molecule has 1 aromatic carbocycles. The summed E-state index contributed by atoms with van der Waals surface area (Å²) in [4.78, 5) is 3.09. The van der Waals surface area contributed by atoms with E-state index in [0.717, 1.165) is 0 Å². The maximum absolute atomic E-state index is 9.48. The summed E-state index contributed by atoms with van der Waals surface area (Å²) in [5.41, 5.74) is 0.565. The average molecular weight is 193 g/mol. The van der Waals surface area contributed by atoms with Gasteiger partial charge in [0.25, 0.3) is 0 Å². The van der Waals surface area contributed by atoms with Crippen LogP contribution in [0.15, 0.2) is 18.2 Å². The molecule has 1 unspecified atom stereocenters. The zero-order chi connectivity index (χ0) is 10.6. The molecule has 4 nitrogen and oxygen atoms in total. The first-order chi connectivity index (χ1) is 6.69. The lowest BCUT2D eigenvalue weighted by Crippen LogP contribution is -2.00. The van der Waals surface area contributed by atoms with Crippen molar-refractivity contribution in [3.05, 3.63) is 35.2 Å². The minimum absolute atomic E-state index is 0.00787. The number of benzene rings is 1. The fourth-order valence-corrected chi connectivity index (χ4v) is 1.09. The third-order valence-corrected chi connectivity index (χ3v) is 1.85. The minimum atomic E-state index is -0.831. The number of aliphatic hydroxyl groups is 1. The molecule has 14 heavy (non-hydrogen) atoms. The van der Waals surface area contributed by atoms with E-state index in [1.165, 1.54) is 19.2 Å². The molecule has 0 spiro atoms. The second-order valence-corrected chi connectivity index (χ2v) is 2.79. The second-order valence-electron chi connectivity index (χ2n) is 2.79. The van der Waals surface area contributed by atoms with Crippen molar-refractivity contribution in [1.82, 2.24) is 0 Å². The van der Waals surface area contributed by atoms with Crippen LogP contribution < -0.4 is 4.74 Å². The summed E-state index contributed by atoms with van der Waals surface area (Å²) in [6.07, 6.45) is -0.831. The Balaban J connectivity index is 2.95. The van der Waals surface area contributed by atoms with E-state index in [1.807, 2.05) is 0 Å². The molecular weight excluding hydrogens is 182 g/mol. The molecule has 1 rings (SSSR count). The van der Waals surface area contributed by atoms with E-state index in [2.05, 4.69) is 4.85 Å². The van der Waals surface area contributed by atoms with Gasteiger partial charge in [0.2, 0.25) is 6.54 Å². The maximum Gasteiger partial charge on any atom is 0.244 e. The molecule has 74 valence electrons. The Kier molecular flexibility index (Phi) is 3.32. The molecule has 0 fully saturated rings. The summed E-state index contributed by atoms with van der Waals surface area (Å²) >= 11 is 0. The zero-order valence-electron chi connectivity index (χ0n) is 7.77. The molecule has 0 aliphatic heterocycles. The number of rotatable bonds is 3. The molecule has 0 saturated carbocycles. The van der Waals surface area contributed by atoms with Crippen molar-refractivity contribution in [3.63, 3.8) is 0 Å². The highest BCUT2D eigenvalue weighted by Gasteiger charge is 2.12. The highest BCUT2D eigenvalue weighted by molar-refractivity contribution is 5.42. The molecule has 0 bridgehead atoms. The smallest absolute Gasteiger partial charge is 0.244 e. The van der Waals surface area contributed by atoms with Crippen LogP contribution in [-0.4, -0.2) is 23.9 Å². The molecular formula is C10H11NO3. The topological polar surface area (TPSA) is 54.0 Å². The second kappa shape index (κ2) is 4.49. The zero-order valence-corrected chi connectivity index (χ0v) is 7.77. The van der Waals surface area contributed by atoms with Gasteiger partial charge in [-0.15, -0.1) is 0 Å². The van der Waals surface area contributed by atoms with Gasteiger partial charge in [0.15, 0.2) is 17.6 Å². The van der Waals surface area contributed by atoms with Gasteiger partial charge in [-0.1, -0.05) is 6.07 Å². The Hall–Kier alpha value is -1.73. The molecule has 1 aromatic rings. The molecule has 0 aromatic heterocycles. The number of phenols is 1. The summed E-state index contributed by atoms with van der Waals surface area (Å²) in [5, 5.41) is 18.8. The SMILES string of the molecule is [C-]#[N+]CC(O)c1ccc(O)c(OC)c1. The van der Waals surface area contributed by atoms with Gasteiger partial charge in [0, 0.05) is 0 Å². The normalized spacial score (nSPS) is 11.8. The van der Waals surface area contributed by atoms with Gasteiger partial charge >= 0.3 is 0 Å². The first kappa shape index (κ1) is 10.4. The van der Waals surface area contributed by atoms with Crippen molar-refractivity contribution in [2.45, 2.75) is 6.10 Å². The van der Waals surface area contributed by atoms with E-state index < -0.39 is 6.10 Å². The van der Waals surface area contributed by atoms with Crippen molar-refractivity contribution in [2.75, 3.05) is 13.7 Å². The van der Waals surface area contributed by atoms with Crippen LogP contribution in [0.2, 0.25) is 0 Å². The standard InChI is InChI=1S/C10H11NO3/c1-11-6-9(13)7-3-4-8(12)10(5-7)14-2/h3-5,9,12-13H,6H2,2H3. The maximum atomic E-state index is 9.48. The Morgan fingerprint density at radius 2 is 2.29 bits per heavy atom. The number of methoxy groups -OCH3 is 1. The number of ether oxygens (including phenoxy) is 1. The van der Waals surface area contributed by atoms with E-state index in [1.54, 1.807) is 6.07 Å². The number of nitrogens with zero attached hydrogens (tertiary/aromatic N) is 1. The van der Waals surface area contributed by atoms with Crippen molar-refractivity contribution in [2.24, 2.45) is 0 Å². The van der Waals surface area contributed by atoms with E-state index in [4.69, 9.17) is 11.3 Å². The van der Waals surface area contributed by atoms with Crippen LogP contribution in [0, 0.1) is 6.57 Å². The highest BCUT2D eigenvalue weighted by Crippen LogP contribution is 2.28. The molecule has 0 heterocycles. The Bertz CT molecular complexity index is 357. The lowest BCUT2D eigenvalue weighted by Gasteiger charge is -2.08. The number of aliphatic hydroxyl groups excluding tert-OH is 1. The fourth-order valence-electron chi connectivity index (χ4n) is 1.09. The van der Waals surface area contributed by atoms with Crippen LogP contribution >= 0.6 is 0 Å². The number of aromatic hydroxyl groups is 1. The van der Waals surface area contributed by atoms with Crippen LogP contribution in [0.25, 0.3) is 4.85 Å². The quantitative estimate of drug-likeness (QED) is 0.712. The molecule has 1 atom stereocenters. The largest absolute Gasteiger partial charge is 0.504 e. The molecule has 0 amide bonds. The predicted octanol–water partition coefficient (Wildman–Crippen LogP) is 1.35.